The summed E-state index contributed by atoms with van der Waals surface area (Å²) in [5.74, 6) is 0.883. The predicted molar refractivity (Wildman–Crippen MR) is 120 cm³/mol. The molecule has 0 unspecified atom stereocenters. The number of pyridine rings is 1. The van der Waals surface area contributed by atoms with Gasteiger partial charge in [0, 0.05) is 34.6 Å². The first kappa shape index (κ1) is 17.6. The highest BCUT2D eigenvalue weighted by atomic mass is 32.1. The second-order valence-electron chi connectivity index (χ2n) is 7.04. The number of anilines is 2. The molecule has 2 N–H and O–H groups in total. The lowest BCUT2D eigenvalue weighted by Gasteiger charge is -2.06. The van der Waals surface area contributed by atoms with Crippen molar-refractivity contribution in [1.82, 2.24) is 19.9 Å². The van der Waals surface area contributed by atoms with Crippen LogP contribution in [0.25, 0.3) is 33.7 Å². The van der Waals surface area contributed by atoms with E-state index in [-0.39, 0.29) is 0 Å². The summed E-state index contributed by atoms with van der Waals surface area (Å²) >= 11 is 1.58. The summed E-state index contributed by atoms with van der Waals surface area (Å²) in [6.45, 7) is 4.17. The Hall–Kier alpha value is -3.51. The number of benzene rings is 2. The van der Waals surface area contributed by atoms with E-state index in [1.54, 1.807) is 17.5 Å². The van der Waals surface area contributed by atoms with Gasteiger partial charge in [-0.15, -0.1) is 11.3 Å². The number of imidazole rings is 1. The van der Waals surface area contributed by atoms with Crippen LogP contribution < -0.4 is 5.32 Å². The molecule has 0 amide bonds. The molecule has 3 aromatic heterocycles. The molecule has 5 aromatic rings. The van der Waals surface area contributed by atoms with Crippen molar-refractivity contribution < 1.29 is 0 Å². The molecule has 0 aliphatic carbocycles. The Morgan fingerprint density at radius 2 is 1.86 bits per heavy atom. The van der Waals surface area contributed by atoms with Gasteiger partial charge in [0.05, 0.1) is 16.7 Å². The van der Waals surface area contributed by atoms with Gasteiger partial charge in [0.2, 0.25) is 0 Å². The number of hydrogen-bond donors (Lipinski definition) is 2. The molecule has 5 rings (SSSR count). The molecule has 0 saturated carbocycles. The summed E-state index contributed by atoms with van der Waals surface area (Å²) in [7, 11) is 0. The molecular formula is C23H19N5S. The maximum atomic E-state index is 4.77. The summed E-state index contributed by atoms with van der Waals surface area (Å²) in [6.07, 6.45) is 3.59. The SMILES string of the molecule is Cc1cccc(-c2nc3cc(C)c(Nc4nc(-c5cccnc5)cs4)cc3[nH]2)c1. The standard InChI is InChI=1S/C23H19N5S/c1-14-5-3-6-16(9-14)22-25-19-10-15(2)18(11-20(19)26-22)27-23-28-21(13-29-23)17-7-4-8-24-12-17/h3-13H,1-2H3,(H,25,26)(H,27,28). The Kier molecular flexibility index (Phi) is 4.33. The van der Waals surface area contributed by atoms with E-state index in [1.165, 1.54) is 5.56 Å². The van der Waals surface area contributed by atoms with Gasteiger partial charge in [-0.05, 0) is 49.7 Å². The average Bonchev–Trinajstić information content (AvgIpc) is 3.36. The number of fused-ring (bicyclic) bond motifs is 1. The highest BCUT2D eigenvalue weighted by Gasteiger charge is 2.11. The van der Waals surface area contributed by atoms with E-state index in [0.717, 1.165) is 50.1 Å². The molecule has 3 heterocycles. The Balaban J connectivity index is 1.46. The Labute approximate surface area is 172 Å². The Morgan fingerprint density at radius 3 is 2.69 bits per heavy atom. The maximum absolute atomic E-state index is 4.77. The zero-order valence-electron chi connectivity index (χ0n) is 16.1. The fourth-order valence-electron chi connectivity index (χ4n) is 3.32. The van der Waals surface area contributed by atoms with Crippen LogP contribution >= 0.6 is 11.3 Å². The van der Waals surface area contributed by atoms with E-state index in [2.05, 4.69) is 65.5 Å². The maximum Gasteiger partial charge on any atom is 0.187 e. The molecule has 0 atom stereocenters. The molecule has 0 saturated heterocycles. The number of aromatic amines is 1. The fraction of sp³-hybridized carbons (Fsp3) is 0.0870. The van der Waals surface area contributed by atoms with Crippen molar-refractivity contribution >= 4 is 33.2 Å². The highest BCUT2D eigenvalue weighted by molar-refractivity contribution is 7.14. The Bertz CT molecular complexity index is 1300. The van der Waals surface area contributed by atoms with Crippen LogP contribution in [0.2, 0.25) is 0 Å². The molecule has 0 bridgehead atoms. The van der Waals surface area contributed by atoms with Gasteiger partial charge in [0.25, 0.3) is 0 Å². The van der Waals surface area contributed by atoms with Gasteiger partial charge in [0.15, 0.2) is 5.13 Å². The van der Waals surface area contributed by atoms with Gasteiger partial charge in [-0.25, -0.2) is 9.97 Å². The number of aryl methyl sites for hydroxylation is 2. The average molecular weight is 398 g/mol. The normalized spacial score (nSPS) is 11.1. The molecule has 0 radical (unpaired) electrons. The zero-order chi connectivity index (χ0) is 19.8. The van der Waals surface area contributed by atoms with Crippen LogP contribution in [-0.4, -0.2) is 19.9 Å². The largest absolute Gasteiger partial charge is 0.338 e. The number of aromatic nitrogens is 4. The van der Waals surface area contributed by atoms with Gasteiger partial charge < -0.3 is 10.3 Å². The third kappa shape index (κ3) is 3.50. The first-order valence-electron chi connectivity index (χ1n) is 9.36. The summed E-state index contributed by atoms with van der Waals surface area (Å²) in [4.78, 5) is 17.1. The summed E-state index contributed by atoms with van der Waals surface area (Å²) in [5, 5.41) is 6.34. The molecule has 5 nitrogen and oxygen atoms in total. The van der Waals surface area contributed by atoms with E-state index < -0.39 is 0 Å². The van der Waals surface area contributed by atoms with Crippen molar-refractivity contribution in [2.45, 2.75) is 13.8 Å². The molecular weight excluding hydrogens is 378 g/mol. The first-order valence-corrected chi connectivity index (χ1v) is 10.2. The van der Waals surface area contributed by atoms with Crippen molar-refractivity contribution in [3.8, 4) is 22.6 Å². The highest BCUT2D eigenvalue weighted by Crippen LogP contribution is 2.31. The van der Waals surface area contributed by atoms with Crippen molar-refractivity contribution in [3.63, 3.8) is 0 Å². The zero-order valence-corrected chi connectivity index (χ0v) is 16.9. The van der Waals surface area contributed by atoms with Crippen LogP contribution in [0, 0.1) is 13.8 Å². The monoisotopic (exact) mass is 397 g/mol. The third-order valence-electron chi connectivity index (χ3n) is 4.82. The van der Waals surface area contributed by atoms with Crippen molar-refractivity contribution in [2.75, 3.05) is 5.32 Å². The quantitative estimate of drug-likeness (QED) is 0.384. The van der Waals surface area contributed by atoms with Crippen LogP contribution in [-0.2, 0) is 0 Å². The number of H-pyrrole nitrogens is 1. The third-order valence-corrected chi connectivity index (χ3v) is 5.58. The van der Waals surface area contributed by atoms with E-state index in [0.29, 0.717) is 0 Å². The van der Waals surface area contributed by atoms with Gasteiger partial charge in [0.1, 0.15) is 5.82 Å². The van der Waals surface area contributed by atoms with Gasteiger partial charge in [-0.1, -0.05) is 23.8 Å². The van der Waals surface area contributed by atoms with Crippen LogP contribution in [0.1, 0.15) is 11.1 Å². The lowest BCUT2D eigenvalue weighted by atomic mass is 10.1. The van der Waals surface area contributed by atoms with E-state index in [9.17, 15) is 0 Å². The summed E-state index contributed by atoms with van der Waals surface area (Å²) in [6, 6.07) is 16.5. The number of rotatable bonds is 4. The molecule has 2 aromatic carbocycles. The van der Waals surface area contributed by atoms with Crippen LogP contribution in [0.4, 0.5) is 10.8 Å². The number of thiazole rings is 1. The molecule has 0 spiro atoms. The second kappa shape index (κ2) is 7.14. The fourth-order valence-corrected chi connectivity index (χ4v) is 4.05. The van der Waals surface area contributed by atoms with Crippen molar-refractivity contribution in [2.24, 2.45) is 0 Å². The van der Waals surface area contributed by atoms with Gasteiger partial charge in [-0.3, -0.25) is 4.98 Å². The molecule has 142 valence electrons. The first-order chi connectivity index (χ1) is 14.2. The molecule has 0 fully saturated rings. The predicted octanol–water partition coefficient (Wildman–Crippen LogP) is 6.11. The molecule has 0 aliphatic heterocycles. The van der Waals surface area contributed by atoms with Crippen molar-refractivity contribution in [1.29, 1.82) is 0 Å². The van der Waals surface area contributed by atoms with Crippen LogP contribution in [0.5, 0.6) is 0 Å². The van der Waals surface area contributed by atoms with E-state index in [1.807, 2.05) is 23.7 Å². The molecule has 0 aliphatic rings. The smallest absolute Gasteiger partial charge is 0.187 e. The number of hydrogen-bond acceptors (Lipinski definition) is 5. The van der Waals surface area contributed by atoms with Crippen LogP contribution in [0.3, 0.4) is 0 Å². The summed E-state index contributed by atoms with van der Waals surface area (Å²) in [5.41, 5.74) is 8.34. The van der Waals surface area contributed by atoms with Gasteiger partial charge in [-0.2, -0.15) is 0 Å². The Morgan fingerprint density at radius 1 is 0.966 bits per heavy atom. The lowest BCUT2D eigenvalue weighted by molar-refractivity contribution is 1.30. The lowest BCUT2D eigenvalue weighted by Crippen LogP contribution is -1.93. The molecule has 29 heavy (non-hydrogen) atoms. The second-order valence-corrected chi connectivity index (χ2v) is 7.90. The van der Waals surface area contributed by atoms with Crippen molar-refractivity contribution in [3.05, 3.63) is 77.4 Å². The topological polar surface area (TPSA) is 66.5 Å². The number of nitrogens with zero attached hydrogens (tertiary/aromatic N) is 3. The minimum atomic E-state index is 0.852. The minimum absolute atomic E-state index is 0.852. The molecule has 6 heteroatoms. The van der Waals surface area contributed by atoms with Gasteiger partial charge >= 0.3 is 0 Å². The van der Waals surface area contributed by atoms with E-state index in [4.69, 9.17) is 9.97 Å². The van der Waals surface area contributed by atoms with E-state index >= 15 is 0 Å². The number of nitrogens with one attached hydrogen (secondary N) is 2. The minimum Gasteiger partial charge on any atom is -0.338 e. The summed E-state index contributed by atoms with van der Waals surface area (Å²) < 4.78 is 0. The van der Waals surface area contributed by atoms with Crippen LogP contribution in [0.15, 0.2) is 66.3 Å².